The van der Waals surface area contributed by atoms with Gasteiger partial charge in [0, 0.05) is 66.9 Å². The van der Waals surface area contributed by atoms with Gasteiger partial charge in [-0.25, -0.2) is 9.37 Å². The normalized spacial score (nSPS) is 27.3. The molecular formula is C39H47ClFN3O3. The van der Waals surface area contributed by atoms with E-state index in [1.165, 1.54) is 11.6 Å². The standard InChI is InChI=1S/C39H47ClFN3O3/c1-27-7-6-16-38(2)33(15-17-39(38,47)26-43-19-21-44(22-20-43)37-10-3-4-18-42-37)30-14-12-28(23-29(45)13-11-27)24-31(30)36(46)25-32-34(40)8-5-9-35(32)41/h3-5,7-10,12,14,18,24,29,33,45,47H,6,11,13,15-17,19-23,25-26H2,1-2H3/t29-,33-,38-,39+/m0/s1. The number of aliphatic hydroxyl groups excluding tert-OH is 1. The van der Waals surface area contributed by atoms with Gasteiger partial charge in [-0.3, -0.25) is 9.69 Å². The van der Waals surface area contributed by atoms with Gasteiger partial charge in [0.2, 0.25) is 0 Å². The van der Waals surface area contributed by atoms with Crippen molar-refractivity contribution in [1.29, 1.82) is 0 Å². The molecule has 4 atom stereocenters. The van der Waals surface area contributed by atoms with E-state index in [2.05, 4.69) is 34.7 Å². The zero-order chi connectivity index (χ0) is 33.2. The first-order valence-corrected chi connectivity index (χ1v) is 17.5. The van der Waals surface area contributed by atoms with Crippen LogP contribution in [0.4, 0.5) is 10.2 Å². The van der Waals surface area contributed by atoms with E-state index < -0.39 is 22.9 Å². The van der Waals surface area contributed by atoms with Crippen LogP contribution in [0.3, 0.4) is 0 Å². The van der Waals surface area contributed by atoms with Crippen molar-refractivity contribution in [3.05, 3.63) is 106 Å². The van der Waals surface area contributed by atoms with Gasteiger partial charge in [0.05, 0.1) is 11.7 Å². The molecule has 2 fully saturated rings. The van der Waals surface area contributed by atoms with Gasteiger partial charge in [-0.2, -0.15) is 0 Å². The van der Waals surface area contributed by atoms with Crippen molar-refractivity contribution in [2.24, 2.45) is 5.41 Å². The topological polar surface area (TPSA) is 76.9 Å². The van der Waals surface area contributed by atoms with Gasteiger partial charge in [0.15, 0.2) is 5.78 Å². The summed E-state index contributed by atoms with van der Waals surface area (Å²) in [5, 5.41) is 23.8. The van der Waals surface area contributed by atoms with Crippen molar-refractivity contribution in [3.8, 4) is 0 Å². The minimum atomic E-state index is -0.965. The van der Waals surface area contributed by atoms with Crippen LogP contribution in [0.1, 0.15) is 85.3 Å². The number of carbonyl (C=O) groups excluding carboxylic acids is 1. The van der Waals surface area contributed by atoms with Crippen LogP contribution in [0.25, 0.3) is 0 Å². The van der Waals surface area contributed by atoms with Crippen molar-refractivity contribution < 1.29 is 19.4 Å². The van der Waals surface area contributed by atoms with E-state index in [0.717, 1.165) is 68.8 Å². The third-order valence-corrected chi connectivity index (χ3v) is 11.6. The summed E-state index contributed by atoms with van der Waals surface area (Å²) in [6, 6.07) is 16.4. The fraction of sp³-hybridized carbons (Fsp3) is 0.487. The first-order valence-electron chi connectivity index (χ1n) is 17.1. The molecule has 2 aromatic carbocycles. The SMILES string of the molecule is CC1=CCC[C@@]2(C)[C@@H](CC[C@@]2(O)CN2CCN(c3ccccn3)CC2)c2ccc(cc2C(=O)Cc2c(F)cccc2Cl)C[C@@H](O)CC1. The maximum absolute atomic E-state index is 14.9. The van der Waals surface area contributed by atoms with Crippen LogP contribution in [0, 0.1) is 11.2 Å². The van der Waals surface area contributed by atoms with Crippen molar-refractivity contribution in [2.45, 2.75) is 82.8 Å². The first kappa shape index (κ1) is 33.8. The first-order chi connectivity index (χ1) is 22.6. The fourth-order valence-electron chi connectivity index (χ4n) is 8.24. The number of pyridine rings is 1. The minimum Gasteiger partial charge on any atom is -0.393 e. The van der Waals surface area contributed by atoms with E-state index in [9.17, 15) is 19.4 Å². The van der Waals surface area contributed by atoms with Crippen LogP contribution < -0.4 is 4.90 Å². The van der Waals surface area contributed by atoms with Gasteiger partial charge < -0.3 is 15.1 Å². The Kier molecular flexibility index (Phi) is 10.2. The van der Waals surface area contributed by atoms with Crippen LogP contribution in [0.2, 0.25) is 5.02 Å². The number of aromatic nitrogens is 1. The van der Waals surface area contributed by atoms with E-state index >= 15 is 0 Å². The van der Waals surface area contributed by atoms with E-state index in [1.54, 1.807) is 12.1 Å². The molecule has 2 N–H and O–H groups in total. The molecule has 47 heavy (non-hydrogen) atoms. The maximum atomic E-state index is 14.9. The Morgan fingerprint density at radius 2 is 1.87 bits per heavy atom. The monoisotopic (exact) mass is 659 g/mol. The van der Waals surface area contributed by atoms with Gasteiger partial charge in [-0.15, -0.1) is 0 Å². The van der Waals surface area contributed by atoms with Gasteiger partial charge in [-0.1, -0.05) is 54.4 Å². The molecule has 4 aliphatic rings. The number of nitrogens with zero attached hydrogens (tertiary/aromatic N) is 3. The highest BCUT2D eigenvalue weighted by Gasteiger charge is 2.57. The molecule has 250 valence electrons. The van der Waals surface area contributed by atoms with Crippen LogP contribution in [-0.4, -0.2) is 70.3 Å². The molecule has 1 aliphatic heterocycles. The van der Waals surface area contributed by atoms with Crippen LogP contribution in [0.15, 0.2) is 72.4 Å². The highest BCUT2D eigenvalue weighted by atomic mass is 35.5. The summed E-state index contributed by atoms with van der Waals surface area (Å²) in [6.45, 7) is 8.27. The molecule has 3 aliphatic carbocycles. The number of β-amino-alcohol motifs (C(OH)–C–C–N with tert-alkyl or cyclic N) is 1. The second-order valence-electron chi connectivity index (χ2n) is 14.2. The molecule has 0 radical (unpaired) electrons. The number of anilines is 1. The average Bonchev–Trinajstić information content (AvgIpc) is 3.31. The van der Waals surface area contributed by atoms with Crippen molar-refractivity contribution in [3.63, 3.8) is 0 Å². The summed E-state index contributed by atoms with van der Waals surface area (Å²) < 4.78 is 14.9. The number of benzene rings is 2. The highest BCUT2D eigenvalue weighted by Crippen LogP contribution is 2.59. The zero-order valence-corrected chi connectivity index (χ0v) is 28.4. The highest BCUT2D eigenvalue weighted by molar-refractivity contribution is 6.31. The summed E-state index contributed by atoms with van der Waals surface area (Å²) >= 11 is 6.37. The Bertz CT molecular complexity index is 1590. The third kappa shape index (κ3) is 7.19. The molecule has 3 aromatic rings. The Labute approximate surface area is 283 Å². The molecule has 1 aromatic heterocycles. The number of hydrogen-bond donors (Lipinski definition) is 2. The van der Waals surface area contributed by atoms with E-state index in [-0.39, 0.29) is 28.7 Å². The number of hydrogen-bond acceptors (Lipinski definition) is 6. The molecule has 2 bridgehead atoms. The lowest BCUT2D eigenvalue weighted by Gasteiger charge is -2.47. The minimum absolute atomic E-state index is 0.0760. The average molecular weight is 660 g/mol. The molecule has 6 nitrogen and oxygen atoms in total. The maximum Gasteiger partial charge on any atom is 0.167 e. The quantitative estimate of drug-likeness (QED) is 0.216. The van der Waals surface area contributed by atoms with Crippen LogP contribution >= 0.6 is 11.6 Å². The lowest BCUT2D eigenvalue weighted by molar-refractivity contribution is -0.0841. The zero-order valence-electron chi connectivity index (χ0n) is 27.6. The van der Waals surface area contributed by atoms with E-state index in [4.69, 9.17) is 11.6 Å². The summed E-state index contributed by atoms with van der Waals surface area (Å²) in [7, 11) is 0. The van der Waals surface area contributed by atoms with Gasteiger partial charge in [0.1, 0.15) is 11.6 Å². The van der Waals surface area contributed by atoms with Crippen LogP contribution in [0.5, 0.6) is 0 Å². The number of piperazine rings is 1. The molecule has 1 saturated heterocycles. The fourth-order valence-corrected chi connectivity index (χ4v) is 8.47. The lowest BCUT2D eigenvalue weighted by Crippen LogP contribution is -2.56. The predicted molar refractivity (Wildman–Crippen MR) is 186 cm³/mol. The molecule has 2 heterocycles. The second kappa shape index (κ2) is 14.2. The Morgan fingerprint density at radius 1 is 1.06 bits per heavy atom. The van der Waals surface area contributed by atoms with Gasteiger partial charge in [0.25, 0.3) is 0 Å². The number of fused-ring (bicyclic) bond motifs is 8. The number of rotatable bonds is 6. The summed E-state index contributed by atoms with van der Waals surface area (Å²) in [5.41, 5.74) is 2.29. The van der Waals surface area contributed by atoms with Gasteiger partial charge in [-0.05, 0) is 99.2 Å². The second-order valence-corrected chi connectivity index (χ2v) is 14.6. The summed E-state index contributed by atoms with van der Waals surface area (Å²) in [6.07, 6.45) is 8.20. The van der Waals surface area contributed by atoms with Crippen molar-refractivity contribution in [1.82, 2.24) is 9.88 Å². The van der Waals surface area contributed by atoms with Gasteiger partial charge >= 0.3 is 0 Å². The van der Waals surface area contributed by atoms with E-state index in [1.807, 2.05) is 42.6 Å². The lowest BCUT2D eigenvalue weighted by atomic mass is 9.64. The molecular weight excluding hydrogens is 613 g/mol. The van der Waals surface area contributed by atoms with E-state index in [0.29, 0.717) is 31.4 Å². The molecule has 1 saturated carbocycles. The molecule has 7 rings (SSSR count). The number of allylic oxidation sites excluding steroid dienone is 2. The van der Waals surface area contributed by atoms with Crippen LogP contribution in [-0.2, 0) is 12.8 Å². The number of ketones is 1. The molecule has 0 spiro atoms. The third-order valence-electron chi connectivity index (χ3n) is 11.2. The number of halogens is 2. The molecule has 0 unspecified atom stereocenters. The van der Waals surface area contributed by atoms with Crippen molar-refractivity contribution >= 4 is 23.2 Å². The Hall–Kier alpha value is -3.10. The Balaban J connectivity index is 1.33. The number of carbonyl (C=O) groups is 1. The predicted octanol–water partition coefficient (Wildman–Crippen LogP) is 7.16. The number of Topliss-reactive ketones (excluding diaryl/α,β-unsaturated/α-hetero) is 1. The van der Waals surface area contributed by atoms with Crippen molar-refractivity contribution in [2.75, 3.05) is 37.6 Å². The summed E-state index contributed by atoms with van der Waals surface area (Å²) in [5.74, 6) is 0.214. The summed E-state index contributed by atoms with van der Waals surface area (Å²) in [4.78, 5) is 23.3. The number of aliphatic hydroxyl groups is 2. The Morgan fingerprint density at radius 3 is 2.62 bits per heavy atom. The molecule has 0 amide bonds. The smallest absolute Gasteiger partial charge is 0.167 e. The molecule has 8 heteroatoms. The largest absolute Gasteiger partial charge is 0.393 e.